The molecule has 0 bridgehead atoms. The van der Waals surface area contributed by atoms with Crippen molar-refractivity contribution in [1.29, 1.82) is 0 Å². The van der Waals surface area contributed by atoms with Crippen LogP contribution >= 0.6 is 11.3 Å². The van der Waals surface area contributed by atoms with Crippen molar-refractivity contribution in [3.63, 3.8) is 0 Å². The van der Waals surface area contributed by atoms with Gasteiger partial charge in [-0.1, -0.05) is 0 Å². The van der Waals surface area contributed by atoms with E-state index in [0.29, 0.717) is 17.7 Å². The molecular weight excluding hydrogens is 338 g/mol. The van der Waals surface area contributed by atoms with Crippen LogP contribution < -0.4 is 4.72 Å². The van der Waals surface area contributed by atoms with Crippen LogP contribution in [0.4, 0.5) is 0 Å². The largest absolute Gasteiger partial charge is 0.481 e. The molecule has 118 valence electrons. The quantitative estimate of drug-likeness (QED) is 0.782. The van der Waals surface area contributed by atoms with E-state index in [9.17, 15) is 21.6 Å². The predicted molar refractivity (Wildman–Crippen MR) is 77.7 cm³/mol. The number of carboxylic acid groups (broad SMARTS) is 1. The molecule has 0 spiro atoms. The van der Waals surface area contributed by atoms with Gasteiger partial charge in [0.1, 0.15) is 4.21 Å². The van der Waals surface area contributed by atoms with Gasteiger partial charge in [0, 0.05) is 10.9 Å². The predicted octanol–water partition coefficient (Wildman–Crippen LogP) is 0.231. The number of sulfone groups is 1. The lowest BCUT2D eigenvalue weighted by Crippen LogP contribution is -2.42. The first-order chi connectivity index (χ1) is 9.68. The highest BCUT2D eigenvalue weighted by atomic mass is 32.2. The highest BCUT2D eigenvalue weighted by Gasteiger charge is 2.29. The van der Waals surface area contributed by atoms with Gasteiger partial charge in [-0.05, 0) is 25.0 Å². The van der Waals surface area contributed by atoms with Gasteiger partial charge < -0.3 is 5.11 Å². The molecule has 1 saturated heterocycles. The van der Waals surface area contributed by atoms with E-state index in [4.69, 9.17) is 5.11 Å². The topological polar surface area (TPSA) is 118 Å². The maximum atomic E-state index is 12.2. The summed E-state index contributed by atoms with van der Waals surface area (Å²) in [4.78, 5) is 11.0. The zero-order valence-corrected chi connectivity index (χ0v) is 13.4. The van der Waals surface area contributed by atoms with E-state index in [-0.39, 0.29) is 22.1 Å². The Bertz CT molecular complexity index is 734. The molecular formula is C11H15NO6S3. The molecule has 1 aliphatic rings. The average Bonchev–Trinajstić information content (AvgIpc) is 2.75. The van der Waals surface area contributed by atoms with Crippen molar-refractivity contribution in [1.82, 2.24) is 4.72 Å². The highest BCUT2D eigenvalue weighted by molar-refractivity contribution is 7.92. The molecule has 7 nitrogen and oxygen atoms in total. The van der Waals surface area contributed by atoms with Gasteiger partial charge in [-0.3, -0.25) is 4.79 Å². The molecule has 1 unspecified atom stereocenters. The van der Waals surface area contributed by atoms with Crippen LogP contribution in [0.25, 0.3) is 0 Å². The Morgan fingerprint density at radius 1 is 1.43 bits per heavy atom. The first-order valence-corrected chi connectivity index (χ1v) is 10.3. The number of nitrogens with one attached hydrogen (secondary N) is 1. The molecule has 2 rings (SSSR count). The van der Waals surface area contributed by atoms with Gasteiger partial charge in [-0.25, -0.2) is 21.6 Å². The van der Waals surface area contributed by atoms with Crippen LogP contribution in [0.3, 0.4) is 0 Å². The minimum atomic E-state index is -3.81. The third-order valence-electron chi connectivity index (χ3n) is 3.01. The fourth-order valence-electron chi connectivity index (χ4n) is 2.14. The maximum Gasteiger partial charge on any atom is 0.308 e. The molecule has 2 N–H and O–H groups in total. The first kappa shape index (κ1) is 16.4. The number of carboxylic acids is 1. The molecule has 1 atom stereocenters. The Balaban J connectivity index is 2.11. The van der Waals surface area contributed by atoms with Crippen molar-refractivity contribution >= 4 is 37.2 Å². The summed E-state index contributed by atoms with van der Waals surface area (Å²) in [5.41, 5.74) is 0. The Kier molecular flexibility index (Phi) is 4.71. The maximum absolute atomic E-state index is 12.2. The van der Waals surface area contributed by atoms with Gasteiger partial charge in [-0.2, -0.15) is 0 Å². The van der Waals surface area contributed by atoms with E-state index in [2.05, 4.69) is 4.72 Å². The van der Waals surface area contributed by atoms with Crippen LogP contribution in [0.15, 0.2) is 16.3 Å². The van der Waals surface area contributed by atoms with Crippen molar-refractivity contribution in [2.45, 2.75) is 29.5 Å². The Labute approximate surface area is 127 Å². The van der Waals surface area contributed by atoms with E-state index < -0.39 is 31.9 Å². The van der Waals surface area contributed by atoms with Gasteiger partial charge in [0.2, 0.25) is 10.0 Å². The second-order valence-corrected chi connectivity index (χ2v) is 10.2. The van der Waals surface area contributed by atoms with Crippen molar-refractivity contribution in [2.24, 2.45) is 0 Å². The molecule has 1 aromatic heterocycles. The molecule has 0 saturated carbocycles. The first-order valence-electron chi connectivity index (χ1n) is 6.21. The number of aliphatic carboxylic acids is 1. The van der Waals surface area contributed by atoms with Crippen LogP contribution in [0, 0.1) is 0 Å². The second kappa shape index (κ2) is 6.03. The number of hydrogen-bond acceptors (Lipinski definition) is 6. The van der Waals surface area contributed by atoms with E-state index in [1.54, 1.807) is 0 Å². The van der Waals surface area contributed by atoms with Crippen molar-refractivity contribution in [3.8, 4) is 0 Å². The normalized spacial score (nSPS) is 22.0. The number of thiophene rings is 1. The van der Waals surface area contributed by atoms with Crippen molar-refractivity contribution in [3.05, 3.63) is 17.0 Å². The molecule has 1 aromatic rings. The Morgan fingerprint density at radius 3 is 2.76 bits per heavy atom. The fraction of sp³-hybridized carbons (Fsp3) is 0.545. The summed E-state index contributed by atoms with van der Waals surface area (Å²) in [6.45, 7) is 0. The van der Waals surface area contributed by atoms with E-state index in [0.717, 1.165) is 11.3 Å². The van der Waals surface area contributed by atoms with Gasteiger partial charge in [-0.15, -0.1) is 11.3 Å². The number of sulfonamides is 1. The highest BCUT2D eigenvalue weighted by Crippen LogP contribution is 2.23. The third kappa shape index (κ3) is 4.50. The van der Waals surface area contributed by atoms with E-state index in [1.807, 2.05) is 0 Å². The van der Waals surface area contributed by atoms with Crippen LogP contribution in [0.1, 0.15) is 17.7 Å². The van der Waals surface area contributed by atoms with Crippen molar-refractivity contribution < 1.29 is 26.7 Å². The summed E-state index contributed by atoms with van der Waals surface area (Å²) >= 11 is 0.876. The fourth-order valence-corrected chi connectivity index (χ4v) is 6.52. The lowest BCUT2D eigenvalue weighted by Gasteiger charge is -2.22. The SMILES string of the molecule is O=C(O)Cc1ccc(S(=O)(=O)NC2CCCS(=O)(=O)C2)s1. The summed E-state index contributed by atoms with van der Waals surface area (Å²) < 4.78 is 49.7. The molecule has 21 heavy (non-hydrogen) atoms. The molecule has 0 amide bonds. The van der Waals surface area contributed by atoms with Crippen molar-refractivity contribution in [2.75, 3.05) is 11.5 Å². The molecule has 1 fully saturated rings. The third-order valence-corrected chi connectivity index (χ3v) is 7.93. The zero-order valence-electron chi connectivity index (χ0n) is 11.0. The van der Waals surface area contributed by atoms with Gasteiger partial charge in [0.25, 0.3) is 0 Å². The lowest BCUT2D eigenvalue weighted by atomic mass is 10.2. The minimum absolute atomic E-state index is 0.00159. The Hall–Kier alpha value is -0.970. The number of carbonyl (C=O) groups is 1. The van der Waals surface area contributed by atoms with Crippen LogP contribution in [0.2, 0.25) is 0 Å². The lowest BCUT2D eigenvalue weighted by molar-refractivity contribution is -0.136. The summed E-state index contributed by atoms with van der Waals surface area (Å²) in [6.07, 6.45) is 0.675. The molecule has 0 aliphatic carbocycles. The van der Waals surface area contributed by atoms with Crippen LogP contribution in [-0.2, 0) is 31.1 Å². The minimum Gasteiger partial charge on any atom is -0.481 e. The molecule has 0 radical (unpaired) electrons. The van der Waals surface area contributed by atoms with Crippen LogP contribution in [0.5, 0.6) is 0 Å². The second-order valence-electron chi connectivity index (χ2n) is 4.87. The number of rotatable bonds is 5. The molecule has 2 heterocycles. The number of hydrogen-bond donors (Lipinski definition) is 2. The standard InChI is InChI=1S/C11H15NO6S3/c13-10(14)6-9-3-4-11(19-9)21(17,18)12-8-2-1-5-20(15,16)7-8/h3-4,8,12H,1-2,5-7H2,(H,13,14). The summed E-state index contributed by atoms with van der Waals surface area (Å²) in [7, 11) is -7.01. The van der Waals surface area contributed by atoms with E-state index >= 15 is 0 Å². The van der Waals surface area contributed by atoms with Gasteiger partial charge in [0.15, 0.2) is 9.84 Å². The van der Waals surface area contributed by atoms with Crippen LogP contribution in [-0.4, -0.2) is 45.5 Å². The molecule has 0 aromatic carbocycles. The van der Waals surface area contributed by atoms with Gasteiger partial charge >= 0.3 is 5.97 Å². The average molecular weight is 353 g/mol. The van der Waals surface area contributed by atoms with E-state index in [1.165, 1.54) is 12.1 Å². The monoisotopic (exact) mass is 353 g/mol. The Morgan fingerprint density at radius 2 is 2.14 bits per heavy atom. The summed E-state index contributed by atoms with van der Waals surface area (Å²) in [5.74, 6) is -1.14. The summed E-state index contributed by atoms with van der Waals surface area (Å²) in [6, 6.07) is 2.16. The zero-order chi connectivity index (χ0) is 15.7. The molecule has 10 heteroatoms. The summed E-state index contributed by atoms with van der Waals surface area (Å²) in [5, 5.41) is 8.67. The smallest absolute Gasteiger partial charge is 0.308 e. The van der Waals surface area contributed by atoms with Gasteiger partial charge in [0.05, 0.1) is 17.9 Å². The molecule has 1 aliphatic heterocycles.